The molecular weight excluding hydrogens is 138 g/mol. The Morgan fingerprint density at radius 2 is 1.82 bits per heavy atom. The van der Waals surface area contributed by atoms with Crippen molar-refractivity contribution in [3.8, 4) is 0 Å². The molecule has 1 rings (SSSR count). The molecule has 1 aliphatic rings. The Morgan fingerprint density at radius 3 is 2.18 bits per heavy atom. The Bertz CT molecular complexity index is 136. The SMILES string of the molecule is N=C(N)C1CCC(CN)CC1. The molecule has 0 amide bonds. The molecule has 1 saturated carbocycles. The van der Waals surface area contributed by atoms with Crippen LogP contribution in [0.4, 0.5) is 0 Å². The van der Waals surface area contributed by atoms with E-state index in [1.807, 2.05) is 0 Å². The van der Waals surface area contributed by atoms with Gasteiger partial charge in [-0.1, -0.05) is 0 Å². The van der Waals surface area contributed by atoms with Crippen LogP contribution < -0.4 is 11.5 Å². The minimum Gasteiger partial charge on any atom is -0.387 e. The van der Waals surface area contributed by atoms with Crippen molar-refractivity contribution in [1.82, 2.24) is 0 Å². The van der Waals surface area contributed by atoms with Crippen LogP contribution >= 0.6 is 0 Å². The Balaban J connectivity index is 2.30. The summed E-state index contributed by atoms with van der Waals surface area (Å²) in [6, 6.07) is 0. The topological polar surface area (TPSA) is 75.9 Å². The highest BCUT2D eigenvalue weighted by molar-refractivity contribution is 5.79. The lowest BCUT2D eigenvalue weighted by Crippen LogP contribution is -2.29. The first-order chi connectivity index (χ1) is 5.24. The van der Waals surface area contributed by atoms with Gasteiger partial charge >= 0.3 is 0 Å². The van der Waals surface area contributed by atoms with E-state index in [4.69, 9.17) is 16.9 Å². The van der Waals surface area contributed by atoms with Crippen LogP contribution in [0.25, 0.3) is 0 Å². The molecule has 0 saturated heterocycles. The summed E-state index contributed by atoms with van der Waals surface area (Å²) >= 11 is 0. The van der Waals surface area contributed by atoms with E-state index in [0.717, 1.165) is 32.2 Å². The van der Waals surface area contributed by atoms with Crippen molar-refractivity contribution in [2.24, 2.45) is 23.3 Å². The average Bonchev–Trinajstić information content (AvgIpc) is 2.05. The highest BCUT2D eigenvalue weighted by atomic mass is 14.7. The van der Waals surface area contributed by atoms with E-state index in [1.165, 1.54) is 0 Å². The molecule has 1 fully saturated rings. The fourth-order valence-electron chi connectivity index (χ4n) is 1.71. The normalized spacial score (nSPS) is 31.7. The molecule has 3 heteroatoms. The van der Waals surface area contributed by atoms with Crippen molar-refractivity contribution >= 4 is 5.84 Å². The molecule has 0 heterocycles. The molecule has 0 aliphatic heterocycles. The summed E-state index contributed by atoms with van der Waals surface area (Å²) < 4.78 is 0. The summed E-state index contributed by atoms with van der Waals surface area (Å²) in [5.41, 5.74) is 10.9. The van der Waals surface area contributed by atoms with Crippen LogP contribution in [0.3, 0.4) is 0 Å². The molecule has 64 valence electrons. The van der Waals surface area contributed by atoms with Gasteiger partial charge in [0.1, 0.15) is 0 Å². The van der Waals surface area contributed by atoms with Gasteiger partial charge in [0, 0.05) is 5.92 Å². The van der Waals surface area contributed by atoms with E-state index in [9.17, 15) is 0 Å². The second kappa shape index (κ2) is 3.72. The number of nitrogens with two attached hydrogens (primary N) is 2. The van der Waals surface area contributed by atoms with E-state index in [2.05, 4.69) is 0 Å². The lowest BCUT2D eigenvalue weighted by molar-refractivity contribution is 0.327. The minimum atomic E-state index is 0.345. The van der Waals surface area contributed by atoms with Gasteiger partial charge in [0.2, 0.25) is 0 Å². The number of rotatable bonds is 2. The highest BCUT2D eigenvalue weighted by Gasteiger charge is 2.21. The van der Waals surface area contributed by atoms with Gasteiger partial charge in [0.15, 0.2) is 0 Å². The van der Waals surface area contributed by atoms with Gasteiger partial charge < -0.3 is 11.5 Å². The van der Waals surface area contributed by atoms with Gasteiger partial charge in [-0.15, -0.1) is 0 Å². The van der Waals surface area contributed by atoms with Gasteiger partial charge in [-0.25, -0.2) is 0 Å². The second-order valence-electron chi connectivity index (χ2n) is 3.41. The smallest absolute Gasteiger partial charge is 0.0936 e. The summed E-state index contributed by atoms with van der Waals surface area (Å²) in [5.74, 6) is 1.39. The van der Waals surface area contributed by atoms with Gasteiger partial charge in [0.05, 0.1) is 5.84 Å². The zero-order chi connectivity index (χ0) is 8.27. The summed E-state index contributed by atoms with van der Waals surface area (Å²) in [7, 11) is 0. The maximum absolute atomic E-state index is 7.26. The van der Waals surface area contributed by atoms with E-state index in [-0.39, 0.29) is 0 Å². The number of hydrogen-bond acceptors (Lipinski definition) is 2. The van der Waals surface area contributed by atoms with E-state index in [0.29, 0.717) is 17.7 Å². The molecule has 5 N–H and O–H groups in total. The fraction of sp³-hybridized carbons (Fsp3) is 0.875. The van der Waals surface area contributed by atoms with Crippen LogP contribution in [0.1, 0.15) is 25.7 Å². The predicted octanol–water partition coefficient (Wildman–Crippen LogP) is 0.687. The first-order valence-corrected chi connectivity index (χ1v) is 4.28. The molecular formula is C8H17N3. The first-order valence-electron chi connectivity index (χ1n) is 4.28. The lowest BCUT2D eigenvalue weighted by Gasteiger charge is -2.26. The summed E-state index contributed by atoms with van der Waals surface area (Å²) in [5, 5.41) is 7.26. The zero-order valence-corrected chi connectivity index (χ0v) is 6.84. The van der Waals surface area contributed by atoms with Crippen LogP contribution in [-0.4, -0.2) is 12.4 Å². The molecule has 1 aliphatic carbocycles. The van der Waals surface area contributed by atoms with Crippen molar-refractivity contribution in [1.29, 1.82) is 5.41 Å². The minimum absolute atomic E-state index is 0.345. The largest absolute Gasteiger partial charge is 0.387 e. The van der Waals surface area contributed by atoms with Crippen LogP contribution in [-0.2, 0) is 0 Å². The zero-order valence-electron chi connectivity index (χ0n) is 6.84. The molecule has 3 nitrogen and oxygen atoms in total. The van der Waals surface area contributed by atoms with E-state index < -0.39 is 0 Å². The van der Waals surface area contributed by atoms with Crippen LogP contribution in [0, 0.1) is 17.2 Å². The molecule has 0 radical (unpaired) electrons. The van der Waals surface area contributed by atoms with Crippen molar-refractivity contribution in [2.75, 3.05) is 6.54 Å². The summed E-state index contributed by atoms with van der Waals surface area (Å²) in [6.45, 7) is 0.796. The van der Waals surface area contributed by atoms with Crippen LogP contribution in [0.5, 0.6) is 0 Å². The molecule has 0 aromatic carbocycles. The Labute approximate surface area is 67.7 Å². The lowest BCUT2D eigenvalue weighted by atomic mass is 9.81. The van der Waals surface area contributed by atoms with E-state index >= 15 is 0 Å². The third-order valence-corrected chi connectivity index (χ3v) is 2.62. The Kier molecular flexibility index (Phi) is 2.88. The average molecular weight is 155 g/mol. The van der Waals surface area contributed by atoms with Crippen molar-refractivity contribution in [3.63, 3.8) is 0 Å². The molecule has 0 atom stereocenters. The molecule has 11 heavy (non-hydrogen) atoms. The van der Waals surface area contributed by atoms with Gasteiger partial charge in [-0.3, -0.25) is 5.41 Å². The molecule has 0 bridgehead atoms. The molecule has 0 aromatic rings. The van der Waals surface area contributed by atoms with Crippen LogP contribution in [0.2, 0.25) is 0 Å². The highest BCUT2D eigenvalue weighted by Crippen LogP contribution is 2.27. The number of nitrogens with one attached hydrogen (secondary N) is 1. The molecule has 0 unspecified atom stereocenters. The number of hydrogen-bond donors (Lipinski definition) is 3. The van der Waals surface area contributed by atoms with Crippen molar-refractivity contribution in [2.45, 2.75) is 25.7 Å². The standard InChI is InChI=1S/C8H17N3/c9-5-6-1-3-7(4-2-6)8(10)11/h6-7H,1-5,9H2,(H3,10,11). The monoisotopic (exact) mass is 155 g/mol. The Morgan fingerprint density at radius 1 is 1.27 bits per heavy atom. The van der Waals surface area contributed by atoms with Crippen LogP contribution in [0.15, 0.2) is 0 Å². The third kappa shape index (κ3) is 2.19. The quantitative estimate of drug-likeness (QED) is 0.405. The Hall–Kier alpha value is -0.570. The second-order valence-corrected chi connectivity index (χ2v) is 3.41. The third-order valence-electron chi connectivity index (χ3n) is 2.62. The van der Waals surface area contributed by atoms with Gasteiger partial charge in [-0.2, -0.15) is 0 Å². The summed E-state index contributed by atoms with van der Waals surface area (Å²) in [6.07, 6.45) is 4.44. The van der Waals surface area contributed by atoms with Crippen molar-refractivity contribution in [3.05, 3.63) is 0 Å². The molecule has 0 aromatic heterocycles. The predicted molar refractivity (Wildman–Crippen MR) is 46.4 cm³/mol. The van der Waals surface area contributed by atoms with Gasteiger partial charge in [-0.05, 0) is 38.1 Å². The maximum Gasteiger partial charge on any atom is 0.0936 e. The van der Waals surface area contributed by atoms with E-state index in [1.54, 1.807) is 0 Å². The molecule has 0 spiro atoms. The first kappa shape index (κ1) is 8.53. The summed E-state index contributed by atoms with van der Waals surface area (Å²) in [4.78, 5) is 0. The number of amidine groups is 1. The van der Waals surface area contributed by atoms with Gasteiger partial charge in [0.25, 0.3) is 0 Å². The fourth-order valence-corrected chi connectivity index (χ4v) is 1.71. The van der Waals surface area contributed by atoms with Crippen molar-refractivity contribution < 1.29 is 0 Å². The maximum atomic E-state index is 7.26.